The Bertz CT molecular complexity index is 1100. The van der Waals surface area contributed by atoms with Crippen LogP contribution in [0, 0.1) is 5.82 Å². The third-order valence-electron chi connectivity index (χ3n) is 4.39. The Morgan fingerprint density at radius 3 is 2.50 bits per heavy atom. The number of aromatic nitrogens is 1. The molecule has 0 spiro atoms. The Kier molecular flexibility index (Phi) is 4.70. The lowest BCUT2D eigenvalue weighted by Gasteiger charge is -2.23. The first-order valence-electron chi connectivity index (χ1n) is 8.20. The van der Waals surface area contributed by atoms with Gasteiger partial charge in [-0.3, -0.25) is 14.5 Å². The molecule has 1 N–H and O–H groups in total. The highest BCUT2D eigenvalue weighted by atomic mass is 35.5. The fourth-order valence-electron chi connectivity index (χ4n) is 3.12. The summed E-state index contributed by atoms with van der Waals surface area (Å²) in [7, 11) is 0. The zero-order valence-corrected chi connectivity index (χ0v) is 15.7. The van der Waals surface area contributed by atoms with E-state index < -0.39 is 29.3 Å². The summed E-state index contributed by atoms with van der Waals surface area (Å²) in [4.78, 5) is 30.8. The van der Waals surface area contributed by atoms with Crippen LogP contribution in [0.3, 0.4) is 0 Å². The van der Waals surface area contributed by atoms with Crippen LogP contribution in [0.25, 0.3) is 5.76 Å². The summed E-state index contributed by atoms with van der Waals surface area (Å²) in [6, 6.07) is 10.8. The number of carbonyl (C=O) groups excluding carboxylic acids is 2. The summed E-state index contributed by atoms with van der Waals surface area (Å²) in [6.07, 6.45) is 1.48. The van der Waals surface area contributed by atoms with Gasteiger partial charge in [0.25, 0.3) is 5.78 Å². The largest absolute Gasteiger partial charge is 0.507 e. The average molecular weight is 415 g/mol. The van der Waals surface area contributed by atoms with E-state index in [1.54, 1.807) is 23.6 Å². The molecule has 1 aliphatic rings. The number of anilines is 1. The number of rotatable bonds is 3. The van der Waals surface area contributed by atoms with E-state index in [1.807, 2.05) is 0 Å². The topological polar surface area (TPSA) is 70.5 Å². The van der Waals surface area contributed by atoms with Crippen LogP contribution in [0.15, 0.2) is 65.7 Å². The molecule has 2 aromatic carbocycles. The maximum absolute atomic E-state index is 14.6. The number of aliphatic hydroxyl groups excluding tert-OH is 1. The van der Waals surface area contributed by atoms with Gasteiger partial charge in [0.1, 0.15) is 17.6 Å². The molecular weight excluding hydrogens is 403 g/mol. The normalized spacial score (nSPS) is 18.6. The van der Waals surface area contributed by atoms with Crippen molar-refractivity contribution in [3.63, 3.8) is 0 Å². The van der Waals surface area contributed by atoms with Crippen molar-refractivity contribution in [3.8, 4) is 0 Å². The molecule has 0 bridgehead atoms. The second-order valence-corrected chi connectivity index (χ2v) is 7.32. The number of aliphatic hydroxyl groups is 1. The zero-order chi connectivity index (χ0) is 19.8. The number of Topliss-reactive ketones (excluding diaryl/α,β-unsaturated/α-hetero) is 1. The molecule has 1 aliphatic heterocycles. The van der Waals surface area contributed by atoms with Gasteiger partial charge in [0.05, 0.1) is 5.57 Å². The maximum Gasteiger partial charge on any atom is 0.301 e. The van der Waals surface area contributed by atoms with Crippen LogP contribution in [0.2, 0.25) is 5.02 Å². The standard InChI is InChI=1S/C20H12ClFN2O3S/c21-12-7-5-11(6-8-12)17(25)15-16(13-3-1-2-4-14(13)22)24(19(27)18(15)26)20-23-9-10-28-20/h1-10,16,25H/b17-15+/t16-/m1/s1. The second-order valence-electron chi connectivity index (χ2n) is 6.01. The number of benzene rings is 2. The summed E-state index contributed by atoms with van der Waals surface area (Å²) in [5, 5.41) is 13.2. The van der Waals surface area contributed by atoms with Crippen molar-refractivity contribution in [3.05, 3.63) is 87.6 Å². The molecule has 28 heavy (non-hydrogen) atoms. The monoisotopic (exact) mass is 414 g/mol. The summed E-state index contributed by atoms with van der Waals surface area (Å²) in [5.41, 5.74) is 0.183. The summed E-state index contributed by atoms with van der Waals surface area (Å²) < 4.78 is 14.6. The lowest BCUT2D eigenvalue weighted by Crippen LogP contribution is -2.29. The molecule has 1 atom stereocenters. The zero-order valence-electron chi connectivity index (χ0n) is 14.2. The Balaban J connectivity index is 1.96. The van der Waals surface area contributed by atoms with Gasteiger partial charge < -0.3 is 5.11 Å². The first-order valence-corrected chi connectivity index (χ1v) is 9.45. The first kappa shape index (κ1) is 18.3. The molecule has 3 aromatic rings. The van der Waals surface area contributed by atoms with Gasteiger partial charge in [-0.05, 0) is 30.3 Å². The Labute approximate surface area is 168 Å². The highest BCUT2D eigenvalue weighted by molar-refractivity contribution is 7.14. The number of carbonyl (C=O) groups is 2. The first-order chi connectivity index (χ1) is 13.5. The lowest BCUT2D eigenvalue weighted by atomic mass is 9.95. The number of amides is 1. The summed E-state index contributed by atoms with van der Waals surface area (Å²) in [5.74, 6) is -2.78. The fraction of sp³-hybridized carbons (Fsp3) is 0.0500. The Morgan fingerprint density at radius 1 is 1.14 bits per heavy atom. The molecule has 140 valence electrons. The maximum atomic E-state index is 14.6. The van der Waals surface area contributed by atoms with Crippen LogP contribution in [-0.4, -0.2) is 21.8 Å². The van der Waals surface area contributed by atoms with Crippen LogP contribution in [-0.2, 0) is 9.59 Å². The van der Waals surface area contributed by atoms with E-state index in [2.05, 4.69) is 4.98 Å². The molecule has 0 unspecified atom stereocenters. The van der Waals surface area contributed by atoms with Gasteiger partial charge in [0.2, 0.25) is 0 Å². The minimum absolute atomic E-state index is 0.0902. The fourth-order valence-corrected chi connectivity index (χ4v) is 3.91. The van der Waals surface area contributed by atoms with E-state index in [0.29, 0.717) is 10.6 Å². The van der Waals surface area contributed by atoms with E-state index in [4.69, 9.17) is 11.6 Å². The van der Waals surface area contributed by atoms with E-state index >= 15 is 0 Å². The summed E-state index contributed by atoms with van der Waals surface area (Å²) >= 11 is 7.02. The molecule has 0 saturated carbocycles. The third kappa shape index (κ3) is 2.98. The number of halogens is 2. The Morgan fingerprint density at radius 2 is 1.86 bits per heavy atom. The highest BCUT2D eigenvalue weighted by Crippen LogP contribution is 2.43. The van der Waals surface area contributed by atoms with Gasteiger partial charge in [0, 0.05) is 27.7 Å². The quantitative estimate of drug-likeness (QED) is 0.387. The molecular formula is C20H12ClFN2O3S. The molecule has 5 nitrogen and oxygen atoms in total. The number of hydrogen-bond donors (Lipinski definition) is 1. The van der Waals surface area contributed by atoms with Gasteiger partial charge >= 0.3 is 5.91 Å². The molecule has 0 radical (unpaired) electrons. The molecule has 1 fully saturated rings. The molecule has 8 heteroatoms. The van der Waals surface area contributed by atoms with Gasteiger partial charge in [-0.1, -0.05) is 29.8 Å². The minimum Gasteiger partial charge on any atom is -0.507 e. The molecule has 4 rings (SSSR count). The van der Waals surface area contributed by atoms with Crippen molar-refractivity contribution in [2.75, 3.05) is 4.90 Å². The number of nitrogens with zero attached hydrogens (tertiary/aromatic N) is 2. The van der Waals surface area contributed by atoms with Crippen molar-refractivity contribution in [1.29, 1.82) is 0 Å². The van der Waals surface area contributed by atoms with Crippen LogP contribution in [0.4, 0.5) is 9.52 Å². The average Bonchev–Trinajstić information content (AvgIpc) is 3.30. The number of ketones is 1. The molecule has 1 aromatic heterocycles. The van der Waals surface area contributed by atoms with E-state index in [9.17, 15) is 19.1 Å². The second kappa shape index (κ2) is 7.18. The van der Waals surface area contributed by atoms with Gasteiger partial charge in [-0.2, -0.15) is 0 Å². The predicted octanol–water partition coefficient (Wildman–Crippen LogP) is 4.56. The van der Waals surface area contributed by atoms with Crippen LogP contribution in [0.5, 0.6) is 0 Å². The Hall–Kier alpha value is -3.03. The van der Waals surface area contributed by atoms with Crippen molar-refractivity contribution in [1.82, 2.24) is 4.98 Å². The molecule has 1 saturated heterocycles. The van der Waals surface area contributed by atoms with Crippen molar-refractivity contribution < 1.29 is 19.1 Å². The highest BCUT2D eigenvalue weighted by Gasteiger charge is 2.48. The molecule has 1 amide bonds. The minimum atomic E-state index is -1.14. The van der Waals surface area contributed by atoms with Crippen LogP contribution < -0.4 is 4.90 Å². The lowest BCUT2D eigenvalue weighted by molar-refractivity contribution is -0.132. The number of hydrogen-bond acceptors (Lipinski definition) is 5. The van der Waals surface area contributed by atoms with Gasteiger partial charge in [-0.25, -0.2) is 9.37 Å². The van der Waals surface area contributed by atoms with E-state index in [0.717, 1.165) is 16.2 Å². The number of thiazole rings is 1. The SMILES string of the molecule is O=C1C(=O)N(c2nccs2)[C@H](c2ccccc2F)/C1=C(\O)c1ccc(Cl)cc1. The molecule has 0 aliphatic carbocycles. The van der Waals surface area contributed by atoms with E-state index in [-0.39, 0.29) is 16.3 Å². The van der Waals surface area contributed by atoms with E-state index in [1.165, 1.54) is 36.5 Å². The predicted molar refractivity (Wildman–Crippen MR) is 105 cm³/mol. The van der Waals surface area contributed by atoms with Gasteiger partial charge in [-0.15, -0.1) is 11.3 Å². The van der Waals surface area contributed by atoms with Gasteiger partial charge in [0.15, 0.2) is 5.13 Å². The van der Waals surface area contributed by atoms with Crippen LogP contribution in [0.1, 0.15) is 17.2 Å². The third-order valence-corrected chi connectivity index (χ3v) is 5.41. The van der Waals surface area contributed by atoms with Crippen molar-refractivity contribution >= 4 is 45.5 Å². The van der Waals surface area contributed by atoms with Crippen molar-refractivity contribution in [2.24, 2.45) is 0 Å². The molecule has 2 heterocycles. The smallest absolute Gasteiger partial charge is 0.301 e. The van der Waals surface area contributed by atoms with Crippen molar-refractivity contribution in [2.45, 2.75) is 6.04 Å². The summed E-state index contributed by atoms with van der Waals surface area (Å²) in [6.45, 7) is 0. The van der Waals surface area contributed by atoms with Crippen LogP contribution >= 0.6 is 22.9 Å².